The van der Waals surface area contributed by atoms with Crippen molar-refractivity contribution in [3.63, 3.8) is 0 Å². The van der Waals surface area contributed by atoms with E-state index in [4.69, 9.17) is 9.98 Å². The molecule has 9 aromatic rings. The molecule has 0 fully saturated rings. The number of rotatable bonds is 7. The Kier molecular flexibility index (Phi) is 8.77. The van der Waals surface area contributed by atoms with Crippen LogP contribution >= 0.6 is 0 Å². The molecule has 0 bridgehead atoms. The van der Waals surface area contributed by atoms with Crippen molar-refractivity contribution in [2.45, 2.75) is 13.0 Å². The van der Waals surface area contributed by atoms with Gasteiger partial charge in [-0.05, 0) is 87.5 Å². The topological polar surface area (TPSA) is 42.0 Å². The van der Waals surface area contributed by atoms with Gasteiger partial charge < -0.3 is 4.57 Å². The highest BCUT2D eigenvalue weighted by molar-refractivity contribution is 6.13. The summed E-state index contributed by atoms with van der Waals surface area (Å²) in [6.45, 7) is 4.31. The molecule has 0 N–H and O–H groups in total. The largest absolute Gasteiger partial charge is 0.309 e. The molecule has 4 nitrogen and oxygen atoms in total. The van der Waals surface area contributed by atoms with Crippen LogP contribution < -0.4 is 0 Å². The number of aliphatic imine (C=N–C) groups is 3. The standard InChI is InChI=1S/C53H38N4/c1-54-52(39-18-10-4-11-19-39)56-53(40-20-12-5-13-21-40)55-35-36-22-26-46-43(30-36)31-44-32-45(25-29-47(44)46)57-50-33-41(37-14-6-2-7-15-37)23-27-48(50)49-28-24-42(34-51(49)57)38-16-8-3-9-17-38/h2-30,32-34H,1,31,35H2/b55-53-,56-52-. The van der Waals surface area contributed by atoms with Gasteiger partial charge >= 0.3 is 0 Å². The van der Waals surface area contributed by atoms with Gasteiger partial charge in [0.2, 0.25) is 0 Å². The normalized spacial score (nSPS) is 12.5. The fourth-order valence-electron chi connectivity index (χ4n) is 8.23. The summed E-state index contributed by atoms with van der Waals surface area (Å²) in [6, 6.07) is 68.9. The summed E-state index contributed by atoms with van der Waals surface area (Å²) in [6.07, 6.45) is 0.861. The highest BCUT2D eigenvalue weighted by Crippen LogP contribution is 2.41. The van der Waals surface area contributed by atoms with Crippen molar-refractivity contribution >= 4 is 40.2 Å². The minimum absolute atomic E-state index is 0.497. The Labute approximate surface area is 332 Å². The summed E-state index contributed by atoms with van der Waals surface area (Å²) < 4.78 is 2.46. The van der Waals surface area contributed by atoms with E-state index < -0.39 is 0 Å². The molecule has 0 spiro atoms. The van der Waals surface area contributed by atoms with Gasteiger partial charge in [0.1, 0.15) is 0 Å². The molecule has 270 valence electrons. The molecular formula is C53H38N4. The number of fused-ring (bicyclic) bond motifs is 6. The number of aromatic nitrogens is 1. The molecule has 1 aliphatic carbocycles. The second kappa shape index (κ2) is 14.7. The molecule has 8 aromatic carbocycles. The Hall–Kier alpha value is -7.43. The fourth-order valence-corrected chi connectivity index (χ4v) is 8.23. The van der Waals surface area contributed by atoms with Crippen LogP contribution in [0.5, 0.6) is 0 Å². The predicted octanol–water partition coefficient (Wildman–Crippen LogP) is 12.8. The van der Waals surface area contributed by atoms with Crippen LogP contribution in [0.2, 0.25) is 0 Å². The zero-order chi connectivity index (χ0) is 38.1. The Bertz CT molecular complexity index is 2900. The van der Waals surface area contributed by atoms with E-state index in [-0.39, 0.29) is 0 Å². The summed E-state index contributed by atoms with van der Waals surface area (Å²) >= 11 is 0. The van der Waals surface area contributed by atoms with E-state index in [1.165, 1.54) is 66.3 Å². The van der Waals surface area contributed by atoms with Crippen LogP contribution in [-0.2, 0) is 13.0 Å². The first-order chi connectivity index (χ1) is 28.2. The molecule has 0 aliphatic heterocycles. The van der Waals surface area contributed by atoms with E-state index in [2.05, 4.69) is 150 Å². The van der Waals surface area contributed by atoms with Crippen LogP contribution in [0, 0.1) is 0 Å². The van der Waals surface area contributed by atoms with E-state index in [9.17, 15) is 0 Å². The molecule has 10 rings (SSSR count). The van der Waals surface area contributed by atoms with Gasteiger partial charge in [0.15, 0.2) is 11.7 Å². The van der Waals surface area contributed by atoms with Crippen LogP contribution in [0.1, 0.15) is 27.8 Å². The van der Waals surface area contributed by atoms with Gasteiger partial charge in [-0.1, -0.05) is 170 Å². The van der Waals surface area contributed by atoms with Gasteiger partial charge in [0.25, 0.3) is 0 Å². The Morgan fingerprint density at radius 1 is 0.474 bits per heavy atom. The maximum absolute atomic E-state index is 5.05. The third kappa shape index (κ3) is 6.47. The number of nitrogens with zero attached hydrogens (tertiary/aromatic N) is 4. The molecule has 57 heavy (non-hydrogen) atoms. The molecule has 1 aromatic heterocycles. The van der Waals surface area contributed by atoms with E-state index >= 15 is 0 Å². The smallest absolute Gasteiger partial charge is 0.161 e. The van der Waals surface area contributed by atoms with Crippen molar-refractivity contribution in [3.05, 3.63) is 222 Å². The van der Waals surface area contributed by atoms with Gasteiger partial charge in [-0.2, -0.15) is 0 Å². The summed E-state index contributed by atoms with van der Waals surface area (Å²) in [5.41, 5.74) is 16.6. The second-order valence-electron chi connectivity index (χ2n) is 14.5. The zero-order valence-corrected chi connectivity index (χ0v) is 31.4. The van der Waals surface area contributed by atoms with Crippen LogP contribution in [0.25, 0.3) is 60.9 Å². The average molecular weight is 731 g/mol. The number of hydrogen-bond donors (Lipinski definition) is 0. The van der Waals surface area contributed by atoms with Crippen LogP contribution in [0.4, 0.5) is 0 Å². The maximum Gasteiger partial charge on any atom is 0.161 e. The third-order valence-electron chi connectivity index (χ3n) is 11.0. The van der Waals surface area contributed by atoms with Gasteiger partial charge in [-0.25, -0.2) is 9.98 Å². The minimum Gasteiger partial charge on any atom is -0.309 e. The van der Waals surface area contributed by atoms with Crippen LogP contribution in [0.15, 0.2) is 209 Å². The number of benzene rings is 8. The first kappa shape index (κ1) is 34.1. The first-order valence-corrected chi connectivity index (χ1v) is 19.4. The molecule has 4 heteroatoms. The molecule has 0 amide bonds. The van der Waals surface area contributed by atoms with Crippen molar-refractivity contribution in [1.82, 2.24) is 4.57 Å². The lowest BCUT2D eigenvalue weighted by Crippen LogP contribution is -2.05. The van der Waals surface area contributed by atoms with Crippen molar-refractivity contribution in [2.75, 3.05) is 0 Å². The van der Waals surface area contributed by atoms with Crippen molar-refractivity contribution in [3.8, 4) is 39.1 Å². The van der Waals surface area contributed by atoms with Gasteiger partial charge in [0.05, 0.1) is 17.6 Å². The van der Waals surface area contributed by atoms with Gasteiger partial charge in [-0.3, -0.25) is 4.99 Å². The van der Waals surface area contributed by atoms with Gasteiger partial charge in [0, 0.05) is 27.6 Å². The van der Waals surface area contributed by atoms with E-state index in [1.54, 1.807) is 0 Å². The number of amidine groups is 2. The van der Waals surface area contributed by atoms with Crippen molar-refractivity contribution in [1.29, 1.82) is 0 Å². The second-order valence-corrected chi connectivity index (χ2v) is 14.5. The predicted molar refractivity (Wildman–Crippen MR) is 239 cm³/mol. The van der Waals surface area contributed by atoms with Crippen LogP contribution in [-0.4, -0.2) is 23.0 Å². The molecular weight excluding hydrogens is 693 g/mol. The lowest BCUT2D eigenvalue weighted by Gasteiger charge is -2.12. The molecule has 0 saturated carbocycles. The minimum atomic E-state index is 0.497. The van der Waals surface area contributed by atoms with Crippen molar-refractivity contribution in [2.24, 2.45) is 15.0 Å². The summed E-state index contributed by atoms with van der Waals surface area (Å²) in [5, 5.41) is 2.49. The quantitative estimate of drug-likeness (QED) is 0.116. The first-order valence-electron chi connectivity index (χ1n) is 19.4. The SMILES string of the molecule is C=N/C(=N\C(=N/Cc1ccc2c(c1)Cc1cc(-n3c4cc(-c5ccccc5)ccc4c4ccc(-c5ccccc5)cc43)ccc1-2)c1ccccc1)c1ccccc1. The summed E-state index contributed by atoms with van der Waals surface area (Å²) in [5.74, 6) is 1.18. The maximum atomic E-state index is 5.05. The Morgan fingerprint density at radius 2 is 0.982 bits per heavy atom. The van der Waals surface area contributed by atoms with Gasteiger partial charge in [-0.15, -0.1) is 0 Å². The summed E-state index contributed by atoms with van der Waals surface area (Å²) in [7, 11) is 0. The lowest BCUT2D eigenvalue weighted by atomic mass is 10.0. The molecule has 0 radical (unpaired) electrons. The average Bonchev–Trinajstić information content (AvgIpc) is 3.81. The molecule has 1 heterocycles. The lowest BCUT2D eigenvalue weighted by molar-refractivity contribution is 1.05. The fraction of sp³-hybridized carbons (Fsp3) is 0.0377. The van der Waals surface area contributed by atoms with Crippen molar-refractivity contribution < 1.29 is 0 Å². The van der Waals surface area contributed by atoms with E-state index in [0.717, 1.165) is 28.8 Å². The molecule has 0 unspecified atom stereocenters. The Morgan fingerprint density at radius 3 is 1.54 bits per heavy atom. The van der Waals surface area contributed by atoms with Crippen LogP contribution in [0.3, 0.4) is 0 Å². The monoisotopic (exact) mass is 730 g/mol. The Balaban J connectivity index is 1.02. The zero-order valence-electron chi connectivity index (χ0n) is 31.4. The highest BCUT2D eigenvalue weighted by atomic mass is 15.0. The summed E-state index contributed by atoms with van der Waals surface area (Å²) in [4.78, 5) is 14.2. The van der Waals surface area contributed by atoms with E-state index in [0.29, 0.717) is 18.2 Å². The third-order valence-corrected chi connectivity index (χ3v) is 11.0. The molecule has 0 saturated heterocycles. The highest BCUT2D eigenvalue weighted by Gasteiger charge is 2.21. The number of hydrogen-bond acceptors (Lipinski definition) is 1. The molecule has 0 atom stereocenters. The molecule has 1 aliphatic rings. The van der Waals surface area contributed by atoms with E-state index in [1.807, 2.05) is 60.7 Å².